The van der Waals surface area contributed by atoms with Crippen LogP contribution >= 0.6 is 0 Å². The van der Waals surface area contributed by atoms with E-state index in [4.69, 9.17) is 15.2 Å². The summed E-state index contributed by atoms with van der Waals surface area (Å²) in [5.41, 5.74) is 7.96. The molecular formula is C16H23N3O2. The smallest absolute Gasteiger partial charge is 0.201 e. The minimum Gasteiger partial charge on any atom is -0.489 e. The first kappa shape index (κ1) is 14.2. The second-order valence-corrected chi connectivity index (χ2v) is 5.86. The molecule has 1 atom stereocenters. The number of hydrogen-bond donors (Lipinski definition) is 1. The van der Waals surface area contributed by atoms with Crippen LogP contribution in [-0.4, -0.2) is 28.4 Å². The number of anilines is 1. The van der Waals surface area contributed by atoms with Gasteiger partial charge in [-0.3, -0.25) is 0 Å². The van der Waals surface area contributed by atoms with Crippen LogP contribution in [0.3, 0.4) is 0 Å². The molecule has 5 nitrogen and oxygen atoms in total. The van der Waals surface area contributed by atoms with Crippen molar-refractivity contribution >= 4 is 17.0 Å². The molecule has 2 heterocycles. The van der Waals surface area contributed by atoms with Gasteiger partial charge < -0.3 is 19.8 Å². The number of imidazole rings is 1. The Kier molecular flexibility index (Phi) is 4.01. The average Bonchev–Trinajstić information content (AvgIpc) is 2.77. The normalized spacial score (nSPS) is 19.3. The van der Waals surface area contributed by atoms with Crippen LogP contribution in [0.4, 0.5) is 5.95 Å². The minimum absolute atomic E-state index is 0.114. The van der Waals surface area contributed by atoms with Crippen molar-refractivity contribution in [1.82, 2.24) is 9.55 Å². The first-order valence-electron chi connectivity index (χ1n) is 7.68. The number of nitrogens with zero attached hydrogens (tertiary/aromatic N) is 2. The van der Waals surface area contributed by atoms with Crippen molar-refractivity contribution < 1.29 is 9.47 Å². The number of benzene rings is 1. The standard InChI is InChI=1S/C16H23N3O2/c1-11(2)21-14-8-5-7-13-15(14)18-16(17)19(13)10-12-6-3-4-9-20-12/h5,7-8,11-12H,3-4,6,9-10H2,1-2H3,(H2,17,18). The summed E-state index contributed by atoms with van der Waals surface area (Å²) in [7, 11) is 0. The number of nitrogens with two attached hydrogens (primary N) is 1. The number of ether oxygens (including phenoxy) is 2. The summed E-state index contributed by atoms with van der Waals surface area (Å²) in [5.74, 6) is 1.32. The monoisotopic (exact) mass is 289 g/mol. The van der Waals surface area contributed by atoms with Crippen molar-refractivity contribution in [3.05, 3.63) is 18.2 Å². The van der Waals surface area contributed by atoms with Gasteiger partial charge in [-0.25, -0.2) is 4.98 Å². The molecule has 0 amide bonds. The highest BCUT2D eigenvalue weighted by molar-refractivity contribution is 5.84. The molecule has 2 aromatic rings. The second-order valence-electron chi connectivity index (χ2n) is 5.86. The van der Waals surface area contributed by atoms with Gasteiger partial charge in [-0.15, -0.1) is 0 Å². The summed E-state index contributed by atoms with van der Waals surface area (Å²) in [6.07, 6.45) is 3.81. The van der Waals surface area contributed by atoms with Crippen molar-refractivity contribution in [2.24, 2.45) is 0 Å². The first-order valence-corrected chi connectivity index (χ1v) is 7.68. The minimum atomic E-state index is 0.114. The number of fused-ring (bicyclic) bond motifs is 1. The molecule has 21 heavy (non-hydrogen) atoms. The molecule has 0 saturated carbocycles. The summed E-state index contributed by atoms with van der Waals surface area (Å²) in [4.78, 5) is 4.49. The Morgan fingerprint density at radius 1 is 1.43 bits per heavy atom. The Morgan fingerprint density at radius 2 is 2.29 bits per heavy atom. The van der Waals surface area contributed by atoms with E-state index in [9.17, 15) is 0 Å². The quantitative estimate of drug-likeness (QED) is 0.940. The van der Waals surface area contributed by atoms with Gasteiger partial charge in [-0.05, 0) is 45.2 Å². The van der Waals surface area contributed by atoms with Crippen molar-refractivity contribution in [3.8, 4) is 5.75 Å². The van der Waals surface area contributed by atoms with Gasteiger partial charge in [0.1, 0.15) is 11.3 Å². The van der Waals surface area contributed by atoms with Crippen molar-refractivity contribution in [2.45, 2.75) is 51.9 Å². The van der Waals surface area contributed by atoms with Gasteiger partial charge in [-0.2, -0.15) is 0 Å². The molecule has 0 spiro atoms. The molecule has 1 fully saturated rings. The number of nitrogen functional groups attached to an aromatic ring is 1. The van der Waals surface area contributed by atoms with Crippen molar-refractivity contribution in [2.75, 3.05) is 12.3 Å². The van der Waals surface area contributed by atoms with E-state index in [1.807, 2.05) is 36.6 Å². The highest BCUT2D eigenvalue weighted by Gasteiger charge is 2.19. The molecule has 114 valence electrons. The van der Waals surface area contributed by atoms with Crippen LogP contribution in [0, 0.1) is 0 Å². The SMILES string of the molecule is CC(C)Oc1cccc2c1nc(N)n2CC1CCCCO1. The molecule has 1 aliphatic rings. The molecule has 2 N–H and O–H groups in total. The van der Waals surface area contributed by atoms with E-state index < -0.39 is 0 Å². The van der Waals surface area contributed by atoms with Gasteiger partial charge in [0.05, 0.1) is 24.3 Å². The fourth-order valence-corrected chi connectivity index (χ4v) is 2.84. The maximum atomic E-state index is 6.11. The zero-order chi connectivity index (χ0) is 14.8. The Balaban J connectivity index is 1.93. The van der Waals surface area contributed by atoms with Crippen LogP contribution in [-0.2, 0) is 11.3 Å². The van der Waals surface area contributed by atoms with Crippen molar-refractivity contribution in [3.63, 3.8) is 0 Å². The molecule has 1 unspecified atom stereocenters. The van der Waals surface area contributed by atoms with Crippen LogP contribution in [0.5, 0.6) is 5.75 Å². The van der Waals surface area contributed by atoms with Crippen LogP contribution < -0.4 is 10.5 Å². The largest absolute Gasteiger partial charge is 0.489 e. The van der Waals surface area contributed by atoms with Gasteiger partial charge in [0.25, 0.3) is 0 Å². The molecule has 5 heteroatoms. The lowest BCUT2D eigenvalue weighted by molar-refractivity contribution is 0.00694. The molecule has 3 rings (SSSR count). The summed E-state index contributed by atoms with van der Waals surface area (Å²) >= 11 is 0. The zero-order valence-corrected chi connectivity index (χ0v) is 12.7. The number of hydrogen-bond acceptors (Lipinski definition) is 4. The zero-order valence-electron chi connectivity index (χ0n) is 12.7. The number of para-hydroxylation sites is 1. The topological polar surface area (TPSA) is 62.3 Å². The summed E-state index contributed by atoms with van der Waals surface area (Å²) in [5, 5.41) is 0. The molecule has 1 aromatic carbocycles. The Bertz CT molecular complexity index is 615. The van der Waals surface area contributed by atoms with E-state index in [-0.39, 0.29) is 12.2 Å². The maximum absolute atomic E-state index is 6.11. The molecule has 1 aromatic heterocycles. The van der Waals surface area contributed by atoms with E-state index in [1.54, 1.807) is 0 Å². The van der Waals surface area contributed by atoms with Crippen LogP contribution in [0.15, 0.2) is 18.2 Å². The molecule has 0 radical (unpaired) electrons. The molecular weight excluding hydrogens is 266 g/mol. The van der Waals surface area contributed by atoms with Crippen LogP contribution in [0.25, 0.3) is 11.0 Å². The fourth-order valence-electron chi connectivity index (χ4n) is 2.84. The lowest BCUT2D eigenvalue weighted by Gasteiger charge is -2.23. The van der Waals surface area contributed by atoms with E-state index in [0.717, 1.165) is 42.8 Å². The highest BCUT2D eigenvalue weighted by atomic mass is 16.5. The Labute approximate surface area is 125 Å². The number of rotatable bonds is 4. The fraction of sp³-hybridized carbons (Fsp3) is 0.562. The molecule has 1 saturated heterocycles. The predicted octanol–water partition coefficient (Wildman–Crippen LogP) is 2.97. The maximum Gasteiger partial charge on any atom is 0.201 e. The predicted molar refractivity (Wildman–Crippen MR) is 83.5 cm³/mol. The lowest BCUT2D eigenvalue weighted by Crippen LogP contribution is -2.25. The second kappa shape index (κ2) is 5.93. The van der Waals surface area contributed by atoms with Crippen molar-refractivity contribution in [1.29, 1.82) is 0 Å². The summed E-state index contributed by atoms with van der Waals surface area (Å²) in [6.45, 7) is 5.62. The Morgan fingerprint density at radius 3 is 3.00 bits per heavy atom. The van der Waals surface area contributed by atoms with E-state index in [2.05, 4.69) is 4.98 Å². The third-order valence-electron chi connectivity index (χ3n) is 3.79. The summed E-state index contributed by atoms with van der Waals surface area (Å²) < 4.78 is 13.7. The average molecular weight is 289 g/mol. The van der Waals surface area contributed by atoms with E-state index in [1.165, 1.54) is 6.42 Å². The number of aromatic nitrogens is 2. The van der Waals surface area contributed by atoms with Gasteiger partial charge >= 0.3 is 0 Å². The van der Waals surface area contributed by atoms with Gasteiger partial charge in [-0.1, -0.05) is 6.07 Å². The highest BCUT2D eigenvalue weighted by Crippen LogP contribution is 2.29. The Hall–Kier alpha value is -1.75. The molecule has 0 aliphatic carbocycles. The lowest BCUT2D eigenvalue weighted by atomic mass is 10.1. The van der Waals surface area contributed by atoms with Crippen LogP contribution in [0.2, 0.25) is 0 Å². The first-order chi connectivity index (χ1) is 10.1. The van der Waals surface area contributed by atoms with Gasteiger partial charge in [0.15, 0.2) is 0 Å². The summed E-state index contributed by atoms with van der Waals surface area (Å²) in [6, 6.07) is 5.96. The van der Waals surface area contributed by atoms with Crippen LogP contribution in [0.1, 0.15) is 33.1 Å². The van der Waals surface area contributed by atoms with Gasteiger partial charge in [0, 0.05) is 6.61 Å². The molecule has 0 bridgehead atoms. The van der Waals surface area contributed by atoms with E-state index in [0.29, 0.717) is 5.95 Å². The van der Waals surface area contributed by atoms with E-state index >= 15 is 0 Å². The third-order valence-corrected chi connectivity index (χ3v) is 3.79. The molecule has 1 aliphatic heterocycles. The van der Waals surface area contributed by atoms with Gasteiger partial charge in [0.2, 0.25) is 5.95 Å². The third kappa shape index (κ3) is 2.97.